The third-order valence-electron chi connectivity index (χ3n) is 6.16. The average molecular weight is 424 g/mol. The molecule has 0 saturated heterocycles. The quantitative estimate of drug-likeness (QED) is 0.603. The number of rotatable bonds is 7. The van der Waals surface area contributed by atoms with Gasteiger partial charge in [-0.05, 0) is 37.8 Å². The fourth-order valence-electron chi connectivity index (χ4n) is 3.76. The second kappa shape index (κ2) is 7.00. The topological polar surface area (TPSA) is 114 Å². The van der Waals surface area contributed by atoms with Gasteiger partial charge in [-0.2, -0.15) is 10.2 Å². The van der Waals surface area contributed by atoms with Crippen LogP contribution in [0.5, 0.6) is 5.75 Å². The van der Waals surface area contributed by atoms with E-state index in [4.69, 9.17) is 4.74 Å². The van der Waals surface area contributed by atoms with Crippen LogP contribution >= 0.6 is 0 Å². The number of carbonyl (C=O) groups excluding carboxylic acids is 1. The highest BCUT2D eigenvalue weighted by Gasteiger charge is 2.49. The number of hydrogen-bond acceptors (Lipinski definition) is 5. The molecule has 2 N–H and O–H groups in total. The fourth-order valence-corrected chi connectivity index (χ4v) is 3.76. The maximum Gasteiger partial charge on any atom is 0.407 e. The van der Waals surface area contributed by atoms with Crippen LogP contribution in [-0.2, 0) is 11.8 Å². The number of nitrogens with one attached hydrogen (secondary N) is 1. The zero-order chi connectivity index (χ0) is 21.8. The lowest BCUT2D eigenvalue weighted by molar-refractivity contribution is -0.117. The van der Waals surface area contributed by atoms with E-state index in [1.807, 2.05) is 31.4 Å². The third-order valence-corrected chi connectivity index (χ3v) is 6.16. The van der Waals surface area contributed by atoms with E-state index >= 15 is 0 Å². The van der Waals surface area contributed by atoms with Crippen molar-refractivity contribution in [1.29, 1.82) is 0 Å². The summed E-state index contributed by atoms with van der Waals surface area (Å²) in [5.74, 6) is 1.26. The number of ether oxygens (including phenoxy) is 1. The summed E-state index contributed by atoms with van der Waals surface area (Å²) < 4.78 is 9.49. The highest BCUT2D eigenvalue weighted by atomic mass is 16.5. The zero-order valence-electron chi connectivity index (χ0n) is 17.4. The zero-order valence-corrected chi connectivity index (χ0v) is 17.4. The number of amides is 2. The molecule has 10 heteroatoms. The Balaban J connectivity index is 1.38. The molecule has 3 heterocycles. The smallest absolute Gasteiger partial charge is 0.407 e. The van der Waals surface area contributed by atoms with Gasteiger partial charge in [-0.15, -0.1) is 0 Å². The molecule has 0 unspecified atom stereocenters. The number of likely N-dealkylation sites (N-methyl/N-ethyl adjacent to an activating group) is 1. The maximum atomic E-state index is 12.0. The molecule has 0 radical (unpaired) electrons. The lowest BCUT2D eigenvalue weighted by atomic mass is 10.1. The first-order chi connectivity index (χ1) is 14.9. The third kappa shape index (κ3) is 3.58. The number of fused-ring (bicyclic) bond motifs is 1. The molecule has 162 valence electrons. The normalized spacial score (nSPS) is 16.8. The number of carboxylic acid groups (broad SMARTS) is 1. The summed E-state index contributed by atoms with van der Waals surface area (Å²) in [6, 6.07) is 5.70. The summed E-state index contributed by atoms with van der Waals surface area (Å²) in [6.07, 6.45) is 5.96. The molecule has 0 bridgehead atoms. The summed E-state index contributed by atoms with van der Waals surface area (Å²) in [7, 11) is 3.41. The van der Waals surface area contributed by atoms with Crippen molar-refractivity contribution in [2.45, 2.75) is 31.2 Å². The Morgan fingerprint density at radius 1 is 1.35 bits per heavy atom. The Labute approximate surface area is 178 Å². The van der Waals surface area contributed by atoms with Crippen molar-refractivity contribution in [1.82, 2.24) is 24.3 Å². The van der Waals surface area contributed by atoms with Crippen molar-refractivity contribution in [3.8, 4) is 17.0 Å². The van der Waals surface area contributed by atoms with Gasteiger partial charge in [0, 0.05) is 37.8 Å². The van der Waals surface area contributed by atoms with Crippen LogP contribution < -0.4 is 10.1 Å². The molecular formula is C21H24N6O4. The fraction of sp³-hybridized carbons (Fsp3) is 0.429. The molecule has 3 aromatic heterocycles. The van der Waals surface area contributed by atoms with E-state index in [0.29, 0.717) is 11.6 Å². The lowest BCUT2D eigenvalue weighted by Crippen LogP contribution is -2.42. The van der Waals surface area contributed by atoms with Crippen molar-refractivity contribution in [3.63, 3.8) is 0 Å². The Bertz CT molecular complexity index is 1170. The summed E-state index contributed by atoms with van der Waals surface area (Å²) in [5, 5.41) is 20.9. The van der Waals surface area contributed by atoms with Crippen LogP contribution in [0.15, 0.2) is 30.6 Å². The molecule has 2 aliphatic carbocycles. The molecule has 10 nitrogen and oxygen atoms in total. The molecule has 2 saturated carbocycles. The predicted octanol–water partition coefficient (Wildman–Crippen LogP) is 2.60. The molecule has 5 rings (SSSR count). The minimum absolute atomic E-state index is 0.0197. The van der Waals surface area contributed by atoms with Crippen LogP contribution in [0.3, 0.4) is 0 Å². The van der Waals surface area contributed by atoms with Gasteiger partial charge in [0.15, 0.2) is 11.6 Å². The van der Waals surface area contributed by atoms with Gasteiger partial charge in [-0.3, -0.25) is 9.48 Å². The van der Waals surface area contributed by atoms with Crippen LogP contribution in [0, 0.1) is 5.92 Å². The Hall–Kier alpha value is -3.56. The highest BCUT2D eigenvalue weighted by Crippen LogP contribution is 2.42. The summed E-state index contributed by atoms with van der Waals surface area (Å²) in [4.78, 5) is 24.7. The number of anilines is 1. The molecule has 0 aromatic carbocycles. The minimum atomic E-state index is -0.955. The molecular weight excluding hydrogens is 400 g/mol. The molecule has 0 atom stereocenters. The Morgan fingerprint density at radius 3 is 2.81 bits per heavy atom. The molecule has 3 aromatic rings. The van der Waals surface area contributed by atoms with Crippen LogP contribution in [0.25, 0.3) is 16.8 Å². The SMILES string of the molecule is CN(C(=O)O)C1(COc2cnn(C)c2-c2ccn3nc(NC(=O)C4CC4)cc3c2)CC1. The van der Waals surface area contributed by atoms with Crippen LogP contribution in [0.4, 0.5) is 10.6 Å². The van der Waals surface area contributed by atoms with Crippen LogP contribution in [0.2, 0.25) is 0 Å². The van der Waals surface area contributed by atoms with Gasteiger partial charge in [-0.1, -0.05) is 0 Å². The maximum absolute atomic E-state index is 12.0. The van der Waals surface area contributed by atoms with Gasteiger partial charge in [0.1, 0.15) is 12.3 Å². The van der Waals surface area contributed by atoms with Crippen molar-refractivity contribution < 1.29 is 19.4 Å². The second-order valence-electron chi connectivity index (χ2n) is 8.41. The van der Waals surface area contributed by atoms with E-state index < -0.39 is 11.6 Å². The Morgan fingerprint density at radius 2 is 2.13 bits per heavy atom. The number of carbonyl (C=O) groups is 2. The van der Waals surface area contributed by atoms with Gasteiger partial charge in [0.2, 0.25) is 5.91 Å². The second-order valence-corrected chi connectivity index (χ2v) is 8.41. The number of aryl methyl sites for hydroxylation is 1. The first kappa shape index (κ1) is 19.4. The number of pyridine rings is 1. The monoisotopic (exact) mass is 424 g/mol. The lowest BCUT2D eigenvalue weighted by Gasteiger charge is -2.25. The first-order valence-corrected chi connectivity index (χ1v) is 10.3. The number of aromatic nitrogens is 4. The average Bonchev–Trinajstić information content (AvgIpc) is 3.65. The summed E-state index contributed by atoms with van der Waals surface area (Å²) >= 11 is 0. The largest absolute Gasteiger partial charge is 0.487 e. The molecule has 2 fully saturated rings. The predicted molar refractivity (Wildman–Crippen MR) is 112 cm³/mol. The molecule has 0 aliphatic heterocycles. The molecule has 31 heavy (non-hydrogen) atoms. The summed E-state index contributed by atoms with van der Waals surface area (Å²) in [6.45, 7) is 0.279. The minimum Gasteiger partial charge on any atom is -0.487 e. The van der Waals surface area contributed by atoms with Crippen LogP contribution in [-0.4, -0.2) is 60.6 Å². The van der Waals surface area contributed by atoms with Gasteiger partial charge < -0.3 is 20.1 Å². The van der Waals surface area contributed by atoms with Crippen molar-refractivity contribution >= 4 is 23.3 Å². The summed E-state index contributed by atoms with van der Waals surface area (Å²) in [5.41, 5.74) is 2.04. The number of nitrogens with zero attached hydrogens (tertiary/aromatic N) is 5. The van der Waals surface area contributed by atoms with E-state index in [2.05, 4.69) is 15.5 Å². The van der Waals surface area contributed by atoms with Crippen molar-refractivity contribution in [3.05, 3.63) is 30.6 Å². The molecule has 0 spiro atoms. The molecule has 2 amide bonds. The van der Waals surface area contributed by atoms with Gasteiger partial charge in [-0.25, -0.2) is 9.31 Å². The standard InChI is InChI=1S/C21H24N6O4/c1-25(20(29)30)21(6-7-21)12-31-16-11-22-26(2)18(16)14-5-8-27-15(9-14)10-17(24-27)23-19(28)13-3-4-13/h5,8-11,13H,3-4,6-7,12H2,1-2H3,(H,29,30)(H,23,24,28). The van der Waals surface area contributed by atoms with E-state index in [9.17, 15) is 14.7 Å². The van der Waals surface area contributed by atoms with Crippen molar-refractivity contribution in [2.24, 2.45) is 13.0 Å². The van der Waals surface area contributed by atoms with E-state index in [1.54, 1.807) is 22.4 Å². The first-order valence-electron chi connectivity index (χ1n) is 10.3. The van der Waals surface area contributed by atoms with Gasteiger partial charge >= 0.3 is 6.09 Å². The van der Waals surface area contributed by atoms with E-state index in [0.717, 1.165) is 42.5 Å². The number of hydrogen-bond donors (Lipinski definition) is 2. The van der Waals surface area contributed by atoms with Gasteiger partial charge in [0.25, 0.3) is 0 Å². The Kier molecular flexibility index (Phi) is 4.38. The highest BCUT2D eigenvalue weighted by molar-refractivity contribution is 5.93. The van der Waals surface area contributed by atoms with Crippen LogP contribution in [0.1, 0.15) is 25.7 Å². The molecule has 2 aliphatic rings. The van der Waals surface area contributed by atoms with Crippen molar-refractivity contribution in [2.75, 3.05) is 19.0 Å². The van der Waals surface area contributed by atoms with Gasteiger partial charge in [0.05, 0.1) is 17.3 Å². The van der Waals surface area contributed by atoms with E-state index in [1.165, 1.54) is 4.90 Å². The van der Waals surface area contributed by atoms with E-state index in [-0.39, 0.29) is 18.4 Å².